The Hall–Kier alpha value is -1.59. The van der Waals surface area contributed by atoms with Crippen LogP contribution in [-0.2, 0) is 0 Å². The summed E-state index contributed by atoms with van der Waals surface area (Å²) in [4.78, 5) is 11.8. The Kier molecular flexibility index (Phi) is 3.95. The molecule has 2 rings (SSSR count). The van der Waals surface area contributed by atoms with Crippen LogP contribution in [-0.4, -0.2) is 43.2 Å². The molecular weight excluding hydrogens is 218 g/mol. The van der Waals surface area contributed by atoms with E-state index in [0.29, 0.717) is 12.1 Å². The maximum atomic E-state index is 11.8. The van der Waals surface area contributed by atoms with Crippen molar-refractivity contribution >= 4 is 5.91 Å². The van der Waals surface area contributed by atoms with Crippen molar-refractivity contribution in [3.8, 4) is 5.75 Å². The number of piperazine rings is 1. The fraction of sp³-hybridized carbons (Fsp3) is 0.417. The average Bonchev–Trinajstić information content (AvgIpc) is 2.38. The molecule has 0 aromatic heterocycles. The second-order valence-corrected chi connectivity index (χ2v) is 4.11. The molecule has 17 heavy (non-hydrogen) atoms. The van der Waals surface area contributed by atoms with Gasteiger partial charge in [-0.2, -0.15) is 0 Å². The van der Waals surface area contributed by atoms with E-state index < -0.39 is 0 Å². The predicted molar refractivity (Wildman–Crippen MR) is 65.1 cm³/mol. The van der Waals surface area contributed by atoms with Crippen molar-refractivity contribution in [1.29, 1.82) is 0 Å². The molecule has 0 bridgehead atoms. The van der Waals surface area contributed by atoms with Crippen LogP contribution in [0.4, 0.5) is 0 Å². The van der Waals surface area contributed by atoms with Gasteiger partial charge in [-0.05, 0) is 24.3 Å². The zero-order chi connectivity index (χ0) is 12.1. The fourth-order valence-electron chi connectivity index (χ4n) is 1.79. The number of hydrogen-bond acceptors (Lipinski definition) is 4. The number of nitrogens with one attached hydrogen (secondary N) is 3. The SMILES string of the molecule is O=C(NCC1CNCCN1)c1ccc(O)cc1. The van der Waals surface area contributed by atoms with Gasteiger partial charge in [0.25, 0.3) is 5.91 Å². The van der Waals surface area contributed by atoms with E-state index in [1.807, 2.05) is 0 Å². The van der Waals surface area contributed by atoms with Gasteiger partial charge in [-0.1, -0.05) is 0 Å². The summed E-state index contributed by atoms with van der Waals surface area (Å²) in [6.07, 6.45) is 0. The van der Waals surface area contributed by atoms with E-state index in [2.05, 4.69) is 16.0 Å². The highest BCUT2D eigenvalue weighted by atomic mass is 16.3. The highest BCUT2D eigenvalue weighted by molar-refractivity contribution is 5.94. The summed E-state index contributed by atoms with van der Waals surface area (Å²) in [6.45, 7) is 3.38. The van der Waals surface area contributed by atoms with Gasteiger partial charge >= 0.3 is 0 Å². The molecule has 0 saturated carbocycles. The van der Waals surface area contributed by atoms with E-state index in [1.54, 1.807) is 12.1 Å². The number of carbonyl (C=O) groups is 1. The number of phenolic OH excluding ortho intramolecular Hbond substituents is 1. The normalized spacial score (nSPS) is 19.9. The van der Waals surface area contributed by atoms with Gasteiger partial charge in [-0.3, -0.25) is 4.79 Å². The summed E-state index contributed by atoms with van der Waals surface area (Å²) < 4.78 is 0. The molecule has 5 heteroatoms. The molecule has 1 unspecified atom stereocenters. The lowest BCUT2D eigenvalue weighted by atomic mass is 10.2. The number of aromatic hydroxyl groups is 1. The van der Waals surface area contributed by atoms with E-state index >= 15 is 0 Å². The largest absolute Gasteiger partial charge is 0.508 e. The first kappa shape index (κ1) is 11.9. The van der Waals surface area contributed by atoms with Crippen LogP contribution in [0.1, 0.15) is 10.4 Å². The molecule has 5 nitrogen and oxygen atoms in total. The zero-order valence-electron chi connectivity index (χ0n) is 9.57. The van der Waals surface area contributed by atoms with Crippen molar-refractivity contribution in [2.24, 2.45) is 0 Å². The highest BCUT2D eigenvalue weighted by Gasteiger charge is 2.13. The number of hydrogen-bond donors (Lipinski definition) is 4. The molecule has 92 valence electrons. The Morgan fingerprint density at radius 2 is 2.12 bits per heavy atom. The third kappa shape index (κ3) is 3.44. The second-order valence-electron chi connectivity index (χ2n) is 4.11. The van der Waals surface area contributed by atoms with Crippen LogP contribution in [0.15, 0.2) is 24.3 Å². The average molecular weight is 235 g/mol. The molecule has 1 aliphatic rings. The van der Waals surface area contributed by atoms with Gasteiger partial charge < -0.3 is 21.1 Å². The summed E-state index contributed by atoms with van der Waals surface area (Å²) >= 11 is 0. The van der Waals surface area contributed by atoms with E-state index in [-0.39, 0.29) is 17.7 Å². The van der Waals surface area contributed by atoms with Gasteiger partial charge in [-0.25, -0.2) is 0 Å². The second kappa shape index (κ2) is 5.65. The van der Waals surface area contributed by atoms with Gasteiger partial charge in [0.05, 0.1) is 0 Å². The lowest BCUT2D eigenvalue weighted by Gasteiger charge is -2.24. The van der Waals surface area contributed by atoms with Crippen LogP contribution in [0.25, 0.3) is 0 Å². The Morgan fingerprint density at radius 3 is 2.76 bits per heavy atom. The number of phenols is 1. The molecular formula is C12H17N3O2. The highest BCUT2D eigenvalue weighted by Crippen LogP contribution is 2.09. The minimum Gasteiger partial charge on any atom is -0.508 e. The molecule has 1 heterocycles. The smallest absolute Gasteiger partial charge is 0.251 e. The lowest BCUT2D eigenvalue weighted by Crippen LogP contribution is -2.53. The van der Waals surface area contributed by atoms with Crippen LogP contribution in [0.5, 0.6) is 5.75 Å². The first-order valence-corrected chi connectivity index (χ1v) is 5.77. The van der Waals surface area contributed by atoms with E-state index in [9.17, 15) is 4.79 Å². The Balaban J connectivity index is 1.82. The number of amides is 1. The number of rotatable bonds is 3. The summed E-state index contributed by atoms with van der Waals surface area (Å²) in [5, 5.41) is 18.6. The molecule has 0 spiro atoms. The molecule has 1 aliphatic heterocycles. The standard InChI is InChI=1S/C12H17N3O2/c16-11-3-1-9(2-4-11)12(17)15-8-10-7-13-5-6-14-10/h1-4,10,13-14,16H,5-8H2,(H,15,17). The van der Waals surface area contributed by atoms with Crippen LogP contribution in [0.2, 0.25) is 0 Å². The third-order valence-corrected chi connectivity index (χ3v) is 2.76. The zero-order valence-corrected chi connectivity index (χ0v) is 9.57. The van der Waals surface area contributed by atoms with Crippen molar-refractivity contribution in [3.05, 3.63) is 29.8 Å². The predicted octanol–water partition coefficient (Wildman–Crippen LogP) is -0.317. The number of carbonyl (C=O) groups excluding carboxylic acids is 1. The summed E-state index contributed by atoms with van der Waals surface area (Å²) in [5.74, 6) is 0.0528. The van der Waals surface area contributed by atoms with Crippen molar-refractivity contribution < 1.29 is 9.90 Å². The van der Waals surface area contributed by atoms with Crippen molar-refractivity contribution in [2.45, 2.75) is 6.04 Å². The Morgan fingerprint density at radius 1 is 1.35 bits per heavy atom. The van der Waals surface area contributed by atoms with Gasteiger partial charge in [0, 0.05) is 37.8 Å². The first-order chi connectivity index (χ1) is 8.25. The topological polar surface area (TPSA) is 73.4 Å². The maximum absolute atomic E-state index is 11.8. The van der Waals surface area contributed by atoms with Crippen molar-refractivity contribution in [2.75, 3.05) is 26.2 Å². The molecule has 1 amide bonds. The Bertz CT molecular complexity index is 372. The fourth-order valence-corrected chi connectivity index (χ4v) is 1.79. The third-order valence-electron chi connectivity index (χ3n) is 2.76. The molecule has 0 aliphatic carbocycles. The maximum Gasteiger partial charge on any atom is 0.251 e. The van der Waals surface area contributed by atoms with Gasteiger partial charge in [0.1, 0.15) is 5.75 Å². The van der Waals surface area contributed by atoms with E-state index in [4.69, 9.17) is 5.11 Å². The summed E-state index contributed by atoms with van der Waals surface area (Å²) in [7, 11) is 0. The first-order valence-electron chi connectivity index (χ1n) is 5.77. The van der Waals surface area contributed by atoms with Gasteiger partial charge in [0.15, 0.2) is 0 Å². The number of benzene rings is 1. The molecule has 1 aromatic rings. The molecule has 4 N–H and O–H groups in total. The van der Waals surface area contributed by atoms with E-state index in [1.165, 1.54) is 12.1 Å². The van der Waals surface area contributed by atoms with E-state index in [0.717, 1.165) is 19.6 Å². The monoisotopic (exact) mass is 235 g/mol. The van der Waals surface area contributed by atoms with Crippen LogP contribution in [0.3, 0.4) is 0 Å². The van der Waals surface area contributed by atoms with Crippen LogP contribution < -0.4 is 16.0 Å². The molecule has 0 radical (unpaired) electrons. The van der Waals surface area contributed by atoms with Gasteiger partial charge in [0.2, 0.25) is 0 Å². The summed E-state index contributed by atoms with van der Waals surface area (Å²) in [6, 6.07) is 6.52. The molecule has 1 saturated heterocycles. The van der Waals surface area contributed by atoms with Crippen LogP contribution >= 0.6 is 0 Å². The minimum absolute atomic E-state index is 0.114. The summed E-state index contributed by atoms with van der Waals surface area (Å²) in [5.41, 5.74) is 0.562. The molecule has 1 fully saturated rings. The van der Waals surface area contributed by atoms with Gasteiger partial charge in [-0.15, -0.1) is 0 Å². The Labute approximate surface area is 100 Å². The van der Waals surface area contributed by atoms with Crippen molar-refractivity contribution in [1.82, 2.24) is 16.0 Å². The van der Waals surface area contributed by atoms with Crippen LogP contribution in [0, 0.1) is 0 Å². The quantitative estimate of drug-likeness (QED) is 0.579. The minimum atomic E-state index is -0.114. The molecule has 1 atom stereocenters. The van der Waals surface area contributed by atoms with Crippen molar-refractivity contribution in [3.63, 3.8) is 0 Å². The lowest BCUT2D eigenvalue weighted by molar-refractivity contribution is 0.0948. The molecule has 1 aromatic carbocycles.